The average Bonchev–Trinajstić information content (AvgIpc) is 2.41. The van der Waals surface area contributed by atoms with Crippen molar-refractivity contribution >= 4 is 24.5 Å². The van der Waals surface area contributed by atoms with Gasteiger partial charge in [-0.25, -0.2) is 0 Å². The molecule has 0 bridgehead atoms. The first-order valence-corrected chi connectivity index (χ1v) is 9.12. The van der Waals surface area contributed by atoms with Gasteiger partial charge >= 0.3 is 8.80 Å². The summed E-state index contributed by atoms with van der Waals surface area (Å²) in [4.78, 5) is 0. The van der Waals surface area contributed by atoms with Crippen LogP contribution in [0, 0.1) is 0 Å². The second kappa shape index (κ2) is 11.3. The molecule has 0 aromatic heterocycles. The van der Waals surface area contributed by atoms with Crippen molar-refractivity contribution in [1.82, 2.24) is 0 Å². The highest BCUT2D eigenvalue weighted by Crippen LogP contribution is 2.10. The highest BCUT2D eigenvalue weighted by molar-refractivity contribution is 6.75. The summed E-state index contributed by atoms with van der Waals surface area (Å²) >= 11 is 0. The lowest BCUT2D eigenvalue weighted by atomic mass is 10.4. The van der Waals surface area contributed by atoms with Gasteiger partial charge in [0.05, 0.1) is 0 Å². The third kappa shape index (κ3) is 6.46. The van der Waals surface area contributed by atoms with Crippen LogP contribution in [-0.4, -0.2) is 46.2 Å². The molecule has 0 saturated heterocycles. The van der Waals surface area contributed by atoms with Crippen molar-refractivity contribution in [1.29, 1.82) is 0 Å². The first kappa shape index (κ1) is 18.5. The van der Waals surface area contributed by atoms with Crippen LogP contribution in [0.2, 0.25) is 0 Å². The lowest BCUT2D eigenvalue weighted by Crippen LogP contribution is -2.56. The van der Waals surface area contributed by atoms with E-state index in [2.05, 4.69) is 4.43 Å². The highest BCUT2D eigenvalue weighted by Gasteiger charge is 2.42. The van der Waals surface area contributed by atoms with E-state index in [1.54, 1.807) is 7.11 Å². The molecule has 0 N–H and O–H groups in total. The Bertz CT molecular complexity index is 292. The molecule has 0 radical (unpaired) electrons. The van der Waals surface area contributed by atoms with Crippen LogP contribution in [0.5, 0.6) is 0 Å². The average molecular weight is 303 g/mol. The molecule has 0 unspecified atom stereocenters. The predicted molar refractivity (Wildman–Crippen MR) is 83.7 cm³/mol. The van der Waals surface area contributed by atoms with E-state index in [1.165, 1.54) is 0 Å². The molecule has 0 heterocycles. The smallest absolute Gasteiger partial charge is 0.431 e. The molecular weight excluding hydrogens is 276 g/mol. The van der Waals surface area contributed by atoms with Crippen LogP contribution in [0.1, 0.15) is 20.8 Å². The SMILES string of the molecule is CCO[Si](OCC)(OCC)c1ccccc1.CO[SiH3]. The van der Waals surface area contributed by atoms with Gasteiger partial charge in [-0.3, -0.25) is 0 Å². The minimum atomic E-state index is -2.67. The molecular formula is C13H26O4Si2. The van der Waals surface area contributed by atoms with E-state index < -0.39 is 8.80 Å². The van der Waals surface area contributed by atoms with E-state index in [4.69, 9.17) is 13.3 Å². The first-order valence-electron chi connectivity index (χ1n) is 6.58. The third-order valence-corrected chi connectivity index (χ3v) is 5.18. The molecule has 0 aliphatic rings. The summed E-state index contributed by atoms with van der Waals surface area (Å²) in [5.74, 6) is 0. The van der Waals surface area contributed by atoms with E-state index in [9.17, 15) is 0 Å². The normalized spacial score (nSPS) is 10.9. The van der Waals surface area contributed by atoms with Crippen molar-refractivity contribution < 1.29 is 17.7 Å². The van der Waals surface area contributed by atoms with Crippen molar-refractivity contribution in [2.45, 2.75) is 20.8 Å². The van der Waals surface area contributed by atoms with Gasteiger partial charge in [0.1, 0.15) is 10.5 Å². The summed E-state index contributed by atoms with van der Waals surface area (Å²) in [5.41, 5.74) is 0. The minimum Gasteiger partial charge on any atom is -0.431 e. The van der Waals surface area contributed by atoms with Gasteiger partial charge in [0.15, 0.2) is 0 Å². The lowest BCUT2D eigenvalue weighted by molar-refractivity contribution is 0.0859. The Kier molecular flexibility index (Phi) is 11.0. The molecule has 0 saturated carbocycles. The van der Waals surface area contributed by atoms with Crippen molar-refractivity contribution in [3.63, 3.8) is 0 Å². The van der Waals surface area contributed by atoms with Gasteiger partial charge in [-0.2, -0.15) is 0 Å². The maximum absolute atomic E-state index is 5.79. The van der Waals surface area contributed by atoms with Crippen LogP contribution in [-0.2, 0) is 17.7 Å². The van der Waals surface area contributed by atoms with E-state index in [-0.39, 0.29) is 0 Å². The maximum Gasteiger partial charge on any atom is 0.537 e. The summed E-state index contributed by atoms with van der Waals surface area (Å²) in [6.07, 6.45) is 0. The van der Waals surface area contributed by atoms with E-state index in [0.29, 0.717) is 19.8 Å². The van der Waals surface area contributed by atoms with Crippen molar-refractivity contribution in [2.75, 3.05) is 26.9 Å². The van der Waals surface area contributed by atoms with Crippen LogP contribution in [0.15, 0.2) is 30.3 Å². The van der Waals surface area contributed by atoms with Gasteiger partial charge < -0.3 is 17.7 Å². The maximum atomic E-state index is 5.79. The minimum absolute atomic E-state index is 0.598. The van der Waals surface area contributed by atoms with Gasteiger partial charge in [0, 0.05) is 32.1 Å². The van der Waals surface area contributed by atoms with Crippen LogP contribution < -0.4 is 5.19 Å². The Morgan fingerprint density at radius 3 is 1.58 bits per heavy atom. The van der Waals surface area contributed by atoms with E-state index >= 15 is 0 Å². The van der Waals surface area contributed by atoms with Crippen LogP contribution in [0.25, 0.3) is 0 Å². The van der Waals surface area contributed by atoms with Gasteiger partial charge in [-0.05, 0) is 20.8 Å². The molecule has 19 heavy (non-hydrogen) atoms. The molecule has 1 aromatic carbocycles. The van der Waals surface area contributed by atoms with E-state index in [1.807, 2.05) is 51.1 Å². The van der Waals surface area contributed by atoms with Crippen molar-refractivity contribution in [3.8, 4) is 0 Å². The quantitative estimate of drug-likeness (QED) is 0.700. The number of hydrogen-bond acceptors (Lipinski definition) is 4. The number of hydrogen-bond donors (Lipinski definition) is 0. The fourth-order valence-electron chi connectivity index (χ4n) is 1.59. The Morgan fingerprint density at radius 2 is 1.26 bits per heavy atom. The third-order valence-electron chi connectivity index (χ3n) is 2.13. The van der Waals surface area contributed by atoms with Crippen LogP contribution >= 0.6 is 0 Å². The summed E-state index contributed by atoms with van der Waals surface area (Å²) in [6.45, 7) is 7.68. The van der Waals surface area contributed by atoms with Gasteiger partial charge in [0.2, 0.25) is 0 Å². The Morgan fingerprint density at radius 1 is 0.895 bits per heavy atom. The Labute approximate surface area is 120 Å². The molecule has 1 rings (SSSR count). The second-order valence-electron chi connectivity index (χ2n) is 3.63. The van der Waals surface area contributed by atoms with Gasteiger partial charge in [-0.1, -0.05) is 30.3 Å². The zero-order chi connectivity index (χ0) is 14.6. The number of rotatable bonds is 7. The van der Waals surface area contributed by atoms with Crippen molar-refractivity contribution in [2.24, 2.45) is 0 Å². The Hall–Kier alpha value is -0.506. The number of benzene rings is 1. The molecule has 0 amide bonds. The molecule has 0 aliphatic heterocycles. The molecule has 0 atom stereocenters. The fraction of sp³-hybridized carbons (Fsp3) is 0.538. The monoisotopic (exact) mass is 302 g/mol. The molecule has 0 aliphatic carbocycles. The standard InChI is InChI=1S/C12H20O3Si.CH6OSi/c1-4-13-16(14-5-2,15-6-3)12-10-8-7-9-11-12;1-2-3/h7-11H,4-6H2,1-3H3;1,3H3. The zero-order valence-corrected chi connectivity index (χ0v) is 15.6. The largest absolute Gasteiger partial charge is 0.537 e. The molecule has 0 spiro atoms. The van der Waals surface area contributed by atoms with Crippen molar-refractivity contribution in [3.05, 3.63) is 30.3 Å². The summed E-state index contributed by atoms with van der Waals surface area (Å²) in [7, 11) is -0.116. The summed E-state index contributed by atoms with van der Waals surface area (Å²) in [6, 6.07) is 9.95. The summed E-state index contributed by atoms with van der Waals surface area (Å²) < 4.78 is 21.8. The first-order chi connectivity index (χ1) is 9.20. The van der Waals surface area contributed by atoms with Gasteiger partial charge in [-0.15, -0.1) is 0 Å². The predicted octanol–water partition coefficient (Wildman–Crippen LogP) is 0.855. The van der Waals surface area contributed by atoms with Crippen LogP contribution in [0.4, 0.5) is 0 Å². The Balaban J connectivity index is 0.000000982. The zero-order valence-electron chi connectivity index (χ0n) is 12.6. The summed E-state index contributed by atoms with van der Waals surface area (Å²) in [5, 5.41) is 1.03. The van der Waals surface area contributed by atoms with E-state index in [0.717, 1.165) is 15.7 Å². The molecule has 0 fully saturated rings. The molecule has 110 valence electrons. The molecule has 1 aromatic rings. The highest BCUT2D eigenvalue weighted by atomic mass is 28.4. The second-order valence-corrected chi connectivity index (χ2v) is 7.00. The van der Waals surface area contributed by atoms with Crippen LogP contribution in [0.3, 0.4) is 0 Å². The topological polar surface area (TPSA) is 36.9 Å². The lowest BCUT2D eigenvalue weighted by Gasteiger charge is -2.28. The fourth-order valence-corrected chi connectivity index (χ4v) is 4.08. The molecule has 6 heteroatoms. The molecule has 4 nitrogen and oxygen atoms in total. The van der Waals surface area contributed by atoms with Gasteiger partial charge in [0.25, 0.3) is 0 Å².